The van der Waals surface area contributed by atoms with Crippen molar-refractivity contribution in [1.82, 2.24) is 14.8 Å². The number of aliphatic imine (C=N–C) groups is 1. The van der Waals surface area contributed by atoms with Crippen LogP contribution in [0.15, 0.2) is 11.2 Å². The first-order chi connectivity index (χ1) is 22.9. The lowest BCUT2D eigenvalue weighted by atomic mass is 9.92. The Morgan fingerprint density at radius 2 is 1.92 bits per heavy atom. The SMILES string of the molecule is CCC(C)=c1c(F)c(-c2ncc(F)c3sc(NC(=O)OC(C)(C)C)c(C#N)c23)c2c(/c1=C/N=C(C)N1CCC(N3CCC3)CC1)COC2. The molecule has 0 spiro atoms. The van der Waals surface area contributed by atoms with Crippen LogP contribution in [0.3, 0.4) is 0 Å². The van der Waals surface area contributed by atoms with Crippen molar-refractivity contribution in [3.63, 3.8) is 0 Å². The highest BCUT2D eigenvalue weighted by Crippen LogP contribution is 2.43. The lowest BCUT2D eigenvalue weighted by molar-refractivity contribution is 0.0636. The average Bonchev–Trinajstić information content (AvgIpc) is 3.64. The van der Waals surface area contributed by atoms with Gasteiger partial charge in [0.15, 0.2) is 5.82 Å². The number of aromatic nitrogens is 1. The number of nitrogens with zero attached hydrogens (tertiary/aromatic N) is 5. The largest absolute Gasteiger partial charge is 0.444 e. The van der Waals surface area contributed by atoms with Gasteiger partial charge in [-0.3, -0.25) is 10.3 Å². The van der Waals surface area contributed by atoms with Gasteiger partial charge in [0, 0.05) is 46.7 Å². The topological polar surface area (TPSA) is 103 Å². The zero-order valence-electron chi connectivity index (χ0n) is 28.4. The molecule has 0 radical (unpaired) electrons. The number of pyridine rings is 1. The molecule has 254 valence electrons. The number of ether oxygens (including phenoxy) is 2. The minimum Gasteiger partial charge on any atom is -0.444 e. The summed E-state index contributed by atoms with van der Waals surface area (Å²) in [5, 5.41) is 14.1. The second kappa shape index (κ2) is 13.5. The first kappa shape index (κ1) is 34.0. The van der Waals surface area contributed by atoms with E-state index in [-0.39, 0.29) is 45.1 Å². The predicted molar refractivity (Wildman–Crippen MR) is 185 cm³/mol. The van der Waals surface area contributed by atoms with Crippen LogP contribution < -0.4 is 15.8 Å². The van der Waals surface area contributed by atoms with Crippen LogP contribution in [0.4, 0.5) is 18.6 Å². The maximum Gasteiger partial charge on any atom is 0.412 e. The summed E-state index contributed by atoms with van der Waals surface area (Å²) in [6.07, 6.45) is 6.09. The number of carbonyl (C=O) groups is 1. The zero-order valence-corrected chi connectivity index (χ0v) is 29.2. The van der Waals surface area contributed by atoms with Crippen LogP contribution in [0, 0.1) is 23.0 Å². The fourth-order valence-corrected chi connectivity index (χ4v) is 7.79. The number of hydrogen-bond donors (Lipinski definition) is 1. The van der Waals surface area contributed by atoms with Crippen molar-refractivity contribution in [2.45, 2.75) is 92.1 Å². The van der Waals surface area contributed by atoms with Gasteiger partial charge in [-0.25, -0.2) is 18.6 Å². The number of hydrogen-bond acceptors (Lipinski definition) is 8. The first-order valence-electron chi connectivity index (χ1n) is 16.6. The number of amidine groups is 1. The lowest BCUT2D eigenvalue weighted by Crippen LogP contribution is -2.51. The standard InChI is InChI=1S/C36H42F2N6O3S/c1-7-20(2)28-24(16-40-21(3)43-13-9-22(10-14-43)44-11-8-12-44)25-18-46-19-26(25)29(31(28)38)32-30-23(15-39)34(42-35(45)47-36(4,5)6)48-33(30)27(37)17-41-32/h16-17,22H,7-14,18-19H2,1-6H3,(H,42,45)/b24-16-,28-20?,40-21?. The number of carbonyl (C=O) groups excluding carboxylic acids is 1. The molecule has 12 heteroatoms. The Morgan fingerprint density at radius 1 is 1.21 bits per heavy atom. The summed E-state index contributed by atoms with van der Waals surface area (Å²) in [6.45, 7) is 15.6. The van der Waals surface area contributed by atoms with Crippen LogP contribution in [0.5, 0.6) is 0 Å². The Balaban J connectivity index is 1.48. The van der Waals surface area contributed by atoms with E-state index < -0.39 is 23.3 Å². The van der Waals surface area contributed by atoms with Crippen LogP contribution in [-0.2, 0) is 22.7 Å². The Kier molecular flexibility index (Phi) is 9.57. The summed E-state index contributed by atoms with van der Waals surface area (Å²) in [6, 6.07) is 2.74. The molecule has 2 aromatic heterocycles. The van der Waals surface area contributed by atoms with Gasteiger partial charge in [-0.15, -0.1) is 11.3 Å². The van der Waals surface area contributed by atoms with Gasteiger partial charge in [-0.2, -0.15) is 5.26 Å². The number of anilines is 1. The highest BCUT2D eigenvalue weighted by Gasteiger charge is 2.31. The van der Waals surface area contributed by atoms with Gasteiger partial charge in [0.25, 0.3) is 0 Å². The number of halogens is 2. The van der Waals surface area contributed by atoms with Gasteiger partial charge in [0.1, 0.15) is 28.3 Å². The number of fused-ring (bicyclic) bond motifs is 2. The second-order valence-electron chi connectivity index (χ2n) is 13.7. The molecular formula is C36H42F2N6O3S. The van der Waals surface area contributed by atoms with E-state index in [4.69, 9.17) is 14.5 Å². The quantitative estimate of drug-likeness (QED) is 0.247. The fourth-order valence-electron chi connectivity index (χ4n) is 6.75. The van der Waals surface area contributed by atoms with Crippen molar-refractivity contribution in [1.29, 1.82) is 5.26 Å². The zero-order chi connectivity index (χ0) is 34.3. The Morgan fingerprint density at radius 3 is 2.54 bits per heavy atom. The van der Waals surface area contributed by atoms with E-state index in [2.05, 4.69) is 26.2 Å². The summed E-state index contributed by atoms with van der Waals surface area (Å²) in [4.78, 5) is 26.8. The number of rotatable bonds is 5. The molecule has 1 aromatic carbocycles. The number of piperidine rings is 1. The highest BCUT2D eigenvalue weighted by molar-refractivity contribution is 7.23. The van der Waals surface area contributed by atoms with Gasteiger partial charge in [0.2, 0.25) is 0 Å². The maximum absolute atomic E-state index is 17.2. The van der Waals surface area contributed by atoms with Crippen LogP contribution in [0.25, 0.3) is 33.1 Å². The van der Waals surface area contributed by atoms with E-state index in [1.807, 2.05) is 20.8 Å². The molecule has 1 amide bonds. The fraction of sp³-hybridized carbons (Fsp3) is 0.500. The number of nitrogens with one attached hydrogen (secondary N) is 1. The van der Waals surface area contributed by atoms with Crippen LogP contribution in [-0.4, -0.2) is 64.5 Å². The summed E-state index contributed by atoms with van der Waals surface area (Å²) in [7, 11) is 0. The Hall–Kier alpha value is -3.92. The van der Waals surface area contributed by atoms with Gasteiger partial charge in [0.05, 0.1) is 35.4 Å². The minimum absolute atomic E-state index is 0.0126. The van der Waals surface area contributed by atoms with Gasteiger partial charge < -0.3 is 19.3 Å². The molecule has 3 aliphatic rings. The van der Waals surface area contributed by atoms with Gasteiger partial charge in [-0.1, -0.05) is 12.5 Å². The van der Waals surface area contributed by atoms with Crippen molar-refractivity contribution in [2.24, 2.45) is 4.99 Å². The van der Waals surface area contributed by atoms with E-state index in [0.29, 0.717) is 28.5 Å². The van der Waals surface area contributed by atoms with Crippen molar-refractivity contribution in [3.8, 4) is 17.3 Å². The molecule has 0 atom stereocenters. The van der Waals surface area contributed by atoms with E-state index >= 15 is 8.78 Å². The summed E-state index contributed by atoms with van der Waals surface area (Å²) in [5.41, 5.74) is 1.69. The molecule has 3 aliphatic heterocycles. The van der Waals surface area contributed by atoms with Crippen molar-refractivity contribution < 1.29 is 23.0 Å². The average molecular weight is 677 g/mol. The van der Waals surface area contributed by atoms with E-state index in [1.54, 1.807) is 27.0 Å². The van der Waals surface area contributed by atoms with Crippen molar-refractivity contribution in [2.75, 3.05) is 31.5 Å². The molecule has 0 aliphatic carbocycles. The van der Waals surface area contributed by atoms with Gasteiger partial charge >= 0.3 is 6.09 Å². The highest BCUT2D eigenvalue weighted by atomic mass is 32.1. The summed E-state index contributed by atoms with van der Waals surface area (Å²) < 4.78 is 43.8. The molecule has 0 unspecified atom stereocenters. The minimum atomic E-state index is -0.786. The maximum atomic E-state index is 17.2. The number of thiophene rings is 1. The Labute approximate surface area is 283 Å². The molecule has 0 saturated carbocycles. The third-order valence-corrected chi connectivity index (χ3v) is 10.6. The molecule has 2 saturated heterocycles. The summed E-state index contributed by atoms with van der Waals surface area (Å²) >= 11 is 0.887. The molecule has 2 fully saturated rings. The Bertz CT molecular complexity index is 1960. The first-order valence-corrected chi connectivity index (χ1v) is 17.4. The number of nitriles is 1. The van der Waals surface area contributed by atoms with Gasteiger partial charge in [-0.05, 0) is 84.5 Å². The monoisotopic (exact) mass is 676 g/mol. The third kappa shape index (κ3) is 6.43. The molecule has 9 nitrogen and oxygen atoms in total. The summed E-state index contributed by atoms with van der Waals surface area (Å²) in [5.74, 6) is -0.315. The van der Waals surface area contributed by atoms with E-state index in [0.717, 1.165) is 60.4 Å². The third-order valence-electron chi connectivity index (χ3n) is 9.49. The van der Waals surface area contributed by atoms with Crippen LogP contribution >= 0.6 is 11.3 Å². The number of likely N-dealkylation sites (tertiary alicyclic amines) is 2. The normalized spacial score (nSPS) is 18.5. The molecule has 0 bridgehead atoms. The lowest BCUT2D eigenvalue weighted by Gasteiger charge is -2.43. The van der Waals surface area contributed by atoms with Crippen LogP contribution in [0.1, 0.15) is 83.9 Å². The van der Waals surface area contributed by atoms with Crippen molar-refractivity contribution >= 4 is 50.1 Å². The predicted octanol–water partition coefficient (Wildman–Crippen LogP) is 6.40. The molecule has 5 heterocycles. The number of benzene rings is 1. The number of amides is 1. The van der Waals surface area contributed by atoms with E-state index in [9.17, 15) is 10.1 Å². The van der Waals surface area contributed by atoms with Crippen molar-refractivity contribution in [3.05, 3.63) is 45.0 Å². The molecular weight excluding hydrogens is 634 g/mol. The van der Waals surface area contributed by atoms with Crippen LogP contribution in [0.2, 0.25) is 0 Å². The molecule has 48 heavy (non-hydrogen) atoms. The molecule has 6 rings (SSSR count). The molecule has 1 N–H and O–H groups in total. The molecule has 3 aromatic rings. The van der Waals surface area contributed by atoms with E-state index in [1.165, 1.54) is 19.5 Å². The second-order valence-corrected chi connectivity index (χ2v) is 14.7. The smallest absolute Gasteiger partial charge is 0.412 e.